The number of nitriles is 2. The van der Waals surface area contributed by atoms with Gasteiger partial charge in [-0.15, -0.1) is 45.3 Å². The van der Waals surface area contributed by atoms with Gasteiger partial charge in [-0.2, -0.15) is 0 Å². The Kier molecular flexibility index (Phi) is 32.7. The summed E-state index contributed by atoms with van der Waals surface area (Å²) in [5, 5.41) is 26.5. The molecule has 6 nitrogen and oxygen atoms in total. The first-order valence-electron chi connectivity index (χ1n) is 52.5. The number of allylic oxidation sites excluding steroid dienone is 6. The summed E-state index contributed by atoms with van der Waals surface area (Å²) in [7, 11) is 0. The summed E-state index contributed by atoms with van der Waals surface area (Å²) in [5.41, 5.74) is 27.6. The lowest BCUT2D eigenvalue weighted by atomic mass is 9.65. The maximum absolute atomic E-state index is 16.1. The molecule has 4 heterocycles. The van der Waals surface area contributed by atoms with Gasteiger partial charge >= 0.3 is 0 Å². The van der Waals surface area contributed by atoms with Crippen molar-refractivity contribution in [1.29, 1.82) is 10.5 Å². The standard InChI is InChI=1S/C126H140N4O2S4/c1-15-23-31-39-47-85-59-86(48-40-32-24-16-2)64-93(63-85)125(94-65-87(49-41-33-25-17-3)60-88(66-94)50-42-34-26-18-4)109-73-97(71-107-113(111(79-127)129-13)103-75-99-81(9)55-57-83(11)101(99)77-105(103)117(107)131)133-119(109)121-115(125)123-124(135-121)116-122(136-123)120-110(74-98(134-120)72-108-114(112(80-128)130-14)104-76-100-82(10)56-58-84(12)102(100)78-106(104)118(108)132)126(116,95-67-89(51-43-35-27-19-5)61-90(68-95)52-44-36-28-20-6)96-69-91(53-45-37-29-21-7)62-92(70-96)54-46-38-30-22-8/h55-78H,15-54H2,1-12H3/b107-71-,108-72-,113-111-,114-112+. The zero-order valence-electron chi connectivity index (χ0n) is 83.4. The van der Waals surface area contributed by atoms with Gasteiger partial charge in [0.2, 0.25) is 0 Å². The fourth-order valence-corrected chi connectivity index (χ4v) is 28.7. The number of unbranched alkanes of at least 4 members (excludes halogenated alkanes) is 24. The molecule has 0 fully saturated rings. The molecule has 0 saturated heterocycles. The number of benzene rings is 8. The lowest BCUT2D eigenvalue weighted by molar-refractivity contribution is 0.103. The highest BCUT2D eigenvalue weighted by Crippen LogP contribution is 2.71. The fourth-order valence-electron chi connectivity index (χ4n) is 23.0. The highest BCUT2D eigenvalue weighted by Gasteiger charge is 2.56. The second kappa shape index (κ2) is 45.0. The molecule has 8 aromatic carbocycles. The van der Waals surface area contributed by atoms with E-state index in [1.807, 2.05) is 34.8 Å². The molecule has 0 atom stereocenters. The molecule has 0 saturated carbocycles. The van der Waals surface area contributed by atoms with Crippen molar-refractivity contribution >= 4 is 111 Å². The van der Waals surface area contributed by atoms with Crippen molar-refractivity contribution in [1.82, 2.24) is 0 Å². The van der Waals surface area contributed by atoms with Crippen LogP contribution in [0.25, 0.3) is 83.4 Å². The van der Waals surface area contributed by atoms with Crippen LogP contribution in [-0.2, 0) is 62.2 Å². The van der Waals surface area contributed by atoms with E-state index in [2.05, 4.69) is 238 Å². The average Bonchev–Trinajstić information content (AvgIpc) is 1.48. The Hall–Kier alpha value is -10.4. The Balaban J connectivity index is 1.08. The van der Waals surface area contributed by atoms with Gasteiger partial charge in [-0.25, -0.2) is 20.2 Å². The monoisotopic (exact) mass is 1870 g/mol. The van der Waals surface area contributed by atoms with E-state index >= 15 is 9.59 Å². The molecule has 12 aromatic rings. The number of hydrogen-bond donors (Lipinski definition) is 0. The Bertz CT molecular complexity index is 6130. The number of carbonyl (C=O) groups is 2. The number of thiophene rings is 4. The van der Waals surface area contributed by atoms with Crippen LogP contribution in [0.3, 0.4) is 0 Å². The number of nitrogens with zero attached hydrogens (tertiary/aromatic N) is 4. The summed E-state index contributed by atoms with van der Waals surface area (Å²) < 4.78 is 2.61. The summed E-state index contributed by atoms with van der Waals surface area (Å²) in [5.74, 6) is -0.331. The molecule has 0 N–H and O–H groups in total. The lowest BCUT2D eigenvalue weighted by Gasteiger charge is -2.35. The summed E-state index contributed by atoms with van der Waals surface area (Å²) in [6.07, 6.45) is 48.7. The number of fused-ring (bicyclic) bond motifs is 13. The van der Waals surface area contributed by atoms with Crippen LogP contribution in [0, 0.1) is 63.5 Å². The number of carbonyl (C=O) groups excluding carboxylic acids is 2. The molecule has 10 heteroatoms. The van der Waals surface area contributed by atoms with Crippen molar-refractivity contribution in [3.05, 3.63) is 322 Å². The van der Waals surface area contributed by atoms with Crippen LogP contribution >= 0.6 is 45.3 Å². The van der Waals surface area contributed by atoms with E-state index in [1.165, 1.54) is 169 Å². The second-order valence-corrected chi connectivity index (χ2v) is 44.4. The van der Waals surface area contributed by atoms with Gasteiger partial charge in [0, 0.05) is 54.3 Å². The number of aryl methyl sites for hydroxylation is 12. The van der Waals surface area contributed by atoms with Crippen LogP contribution in [0.15, 0.2) is 156 Å². The van der Waals surface area contributed by atoms with E-state index in [4.69, 9.17) is 13.1 Å². The molecule has 0 radical (unpaired) electrons. The summed E-state index contributed by atoms with van der Waals surface area (Å²) in [4.78, 5) is 47.0. The summed E-state index contributed by atoms with van der Waals surface area (Å²) in [6.45, 7) is 44.5. The Morgan fingerprint density at radius 3 is 0.765 bits per heavy atom. The third-order valence-corrected chi connectivity index (χ3v) is 35.2. The van der Waals surface area contributed by atoms with Crippen LogP contribution in [0.2, 0.25) is 0 Å². The van der Waals surface area contributed by atoms with Crippen LogP contribution < -0.4 is 0 Å². The van der Waals surface area contributed by atoms with Crippen LogP contribution in [0.1, 0.15) is 414 Å². The normalized spacial score (nSPS) is 15.1. The molecule has 0 unspecified atom stereocenters. The fraction of sp³-hybridized carbons (Fsp3) is 0.429. The molecule has 136 heavy (non-hydrogen) atoms. The van der Waals surface area contributed by atoms with Crippen molar-refractivity contribution in [3.8, 4) is 31.6 Å². The van der Waals surface area contributed by atoms with Crippen molar-refractivity contribution in [3.63, 3.8) is 0 Å². The second-order valence-electron chi connectivity index (χ2n) is 40.1. The zero-order valence-corrected chi connectivity index (χ0v) is 86.6. The maximum atomic E-state index is 16.1. The van der Waals surface area contributed by atoms with Crippen LogP contribution in [-0.4, -0.2) is 11.6 Å². The third kappa shape index (κ3) is 19.6. The molecule has 4 aromatic heterocycles. The molecule has 0 amide bonds. The Morgan fingerprint density at radius 1 is 0.309 bits per heavy atom. The van der Waals surface area contributed by atoms with Crippen LogP contribution in [0.4, 0.5) is 0 Å². The van der Waals surface area contributed by atoms with Crippen LogP contribution in [0.5, 0.6) is 0 Å². The van der Waals surface area contributed by atoms with E-state index in [-0.39, 0.29) is 23.0 Å². The van der Waals surface area contributed by atoms with E-state index in [1.54, 1.807) is 22.7 Å². The topological polar surface area (TPSA) is 90.4 Å². The molecule has 0 bridgehead atoms. The molecule has 4 aliphatic rings. The highest BCUT2D eigenvalue weighted by molar-refractivity contribution is 7.34. The first-order chi connectivity index (χ1) is 66.4. The van der Waals surface area contributed by atoms with Gasteiger partial charge < -0.3 is 0 Å². The van der Waals surface area contributed by atoms with E-state index in [9.17, 15) is 10.5 Å². The van der Waals surface area contributed by atoms with E-state index in [0.717, 1.165) is 259 Å². The minimum Gasteiger partial charge on any atom is -0.289 e. The predicted molar refractivity (Wildman–Crippen MR) is 583 cm³/mol. The molecular formula is C126H140N4O2S4. The summed E-state index contributed by atoms with van der Waals surface area (Å²) in [6, 6.07) is 58.1. The lowest BCUT2D eigenvalue weighted by Crippen LogP contribution is -2.30. The first kappa shape index (κ1) is 98.6. The molecular weight excluding hydrogens is 1730 g/mol. The van der Waals surface area contributed by atoms with Crippen molar-refractivity contribution in [2.75, 3.05) is 0 Å². The molecule has 16 rings (SSSR count). The minimum atomic E-state index is -0.930. The van der Waals surface area contributed by atoms with E-state index < -0.39 is 10.8 Å². The molecule has 0 spiro atoms. The number of Topliss-reactive ketones (excluding diaryl/α,β-unsaturated/α-hetero) is 2. The average molecular weight is 1870 g/mol. The van der Waals surface area contributed by atoms with Gasteiger partial charge in [-0.05, 0) is 312 Å². The van der Waals surface area contributed by atoms with Gasteiger partial charge in [0.15, 0.2) is 11.6 Å². The first-order valence-corrected chi connectivity index (χ1v) is 55.8. The summed E-state index contributed by atoms with van der Waals surface area (Å²) >= 11 is 7.60. The van der Waals surface area contributed by atoms with Gasteiger partial charge in [0.25, 0.3) is 11.4 Å². The van der Waals surface area contributed by atoms with Crippen molar-refractivity contribution in [2.45, 2.75) is 351 Å². The van der Waals surface area contributed by atoms with Gasteiger partial charge in [-0.1, -0.05) is 307 Å². The Labute approximate surface area is 829 Å². The maximum Gasteiger partial charge on any atom is 0.270 e. The van der Waals surface area contributed by atoms with Crippen molar-refractivity contribution < 1.29 is 9.59 Å². The zero-order chi connectivity index (χ0) is 95.3. The largest absolute Gasteiger partial charge is 0.289 e. The van der Waals surface area contributed by atoms with E-state index in [0.29, 0.717) is 44.5 Å². The smallest absolute Gasteiger partial charge is 0.270 e. The highest BCUT2D eigenvalue weighted by atomic mass is 32.1. The molecule has 0 aliphatic heterocycles. The van der Waals surface area contributed by atoms with Gasteiger partial charge in [0.05, 0.1) is 65.0 Å². The van der Waals surface area contributed by atoms with Crippen molar-refractivity contribution in [2.24, 2.45) is 0 Å². The number of rotatable bonds is 46. The minimum absolute atomic E-state index is 0.0797. The number of ketones is 2. The number of hydrogen-bond acceptors (Lipinski definition) is 8. The molecule has 4 aliphatic carbocycles. The SMILES string of the molecule is [C-]#[N+]/C(C#N)=C1\C(=C\c2cc3c(s2)-c2sc4c5c(sc4c2C3(c2cc(CCCCCC)cc(CCCCCC)c2)c2cc(CCCCCC)cc(CCCCCC)c2)-c2sc(/C=C3\C(=O)c4cc6c(C)ccc(C)c6cc4\C3=C(\C#N)[N+]#[C-])cc2C5(c2cc(CCCCCC)cc(CCCCCC)c2)c2cc(CCCCCC)cc(CCCCCC)c2)C(=O)c2cc3c(C)ccc(C)c3cc21. The third-order valence-electron chi connectivity index (χ3n) is 30.2. The molecule has 700 valence electrons. The van der Waals surface area contributed by atoms with Gasteiger partial charge in [0.1, 0.15) is 0 Å². The quantitative estimate of drug-likeness (QED) is 0.0165. The Morgan fingerprint density at radius 2 is 0.544 bits per heavy atom. The predicted octanol–water partition coefficient (Wildman–Crippen LogP) is 37.2. The van der Waals surface area contributed by atoms with Gasteiger partial charge in [-0.3, -0.25) is 9.59 Å².